The van der Waals surface area contributed by atoms with Crippen molar-refractivity contribution in [2.75, 3.05) is 33.4 Å². The van der Waals surface area contributed by atoms with Crippen molar-refractivity contribution >= 4 is 16.8 Å². The molecule has 202 valence electrons. The van der Waals surface area contributed by atoms with Gasteiger partial charge in [-0.1, -0.05) is 42.5 Å². The van der Waals surface area contributed by atoms with Gasteiger partial charge in [0.25, 0.3) is 5.91 Å². The summed E-state index contributed by atoms with van der Waals surface area (Å²) >= 11 is 0. The van der Waals surface area contributed by atoms with E-state index in [1.165, 1.54) is 5.56 Å². The molecule has 1 aliphatic rings. The first-order valence-electron chi connectivity index (χ1n) is 13.5. The summed E-state index contributed by atoms with van der Waals surface area (Å²) in [5.74, 6) is 1.83. The zero-order chi connectivity index (χ0) is 26.9. The number of ether oxygens (including phenoxy) is 3. The highest BCUT2D eigenvalue weighted by Crippen LogP contribution is 2.28. The molecule has 5 rings (SSSR count). The standard InChI is InChI=1S/C32H35N3O4/c1-37-31-8-3-2-6-26(31)22-38-18-5-19-39-27-13-11-23(12-14-27)28-15-17-33-21-30(28)35-32(36)25-10-9-24-7-4-16-34-29(24)20-25/h2-4,6-14,16,20,28,30,33H,5,15,17-19,21-22H2,1H3,(H,35,36). The number of pyridine rings is 1. The second kappa shape index (κ2) is 13.2. The molecule has 39 heavy (non-hydrogen) atoms. The first kappa shape index (κ1) is 26.7. The van der Waals surface area contributed by atoms with Crippen LogP contribution in [0.2, 0.25) is 0 Å². The number of carbonyl (C=O) groups is 1. The number of nitrogens with zero attached hydrogens (tertiary/aromatic N) is 1. The van der Waals surface area contributed by atoms with Crippen molar-refractivity contribution < 1.29 is 19.0 Å². The second-order valence-corrected chi connectivity index (χ2v) is 9.73. The van der Waals surface area contributed by atoms with Gasteiger partial charge in [-0.3, -0.25) is 9.78 Å². The fourth-order valence-corrected chi connectivity index (χ4v) is 5.04. The van der Waals surface area contributed by atoms with E-state index in [9.17, 15) is 4.79 Å². The molecule has 2 heterocycles. The van der Waals surface area contributed by atoms with Crippen molar-refractivity contribution in [3.8, 4) is 11.5 Å². The number of rotatable bonds is 11. The summed E-state index contributed by atoms with van der Waals surface area (Å²) in [6.07, 6.45) is 3.49. The summed E-state index contributed by atoms with van der Waals surface area (Å²) in [7, 11) is 1.67. The Hall–Kier alpha value is -3.94. The highest BCUT2D eigenvalue weighted by molar-refractivity contribution is 5.98. The number of fused-ring (bicyclic) bond motifs is 1. The summed E-state index contributed by atoms with van der Waals surface area (Å²) in [6, 6.07) is 25.7. The molecule has 0 radical (unpaired) electrons. The van der Waals surface area contributed by atoms with Crippen molar-refractivity contribution in [1.29, 1.82) is 0 Å². The third kappa shape index (κ3) is 6.93. The molecule has 1 aliphatic heterocycles. The Morgan fingerprint density at radius 1 is 1.03 bits per heavy atom. The summed E-state index contributed by atoms with van der Waals surface area (Å²) in [4.78, 5) is 17.5. The van der Waals surface area contributed by atoms with E-state index < -0.39 is 0 Å². The molecule has 2 N–H and O–H groups in total. The van der Waals surface area contributed by atoms with Crippen molar-refractivity contribution in [1.82, 2.24) is 15.6 Å². The van der Waals surface area contributed by atoms with Gasteiger partial charge in [0.05, 0.1) is 32.4 Å². The second-order valence-electron chi connectivity index (χ2n) is 9.73. The first-order valence-corrected chi connectivity index (χ1v) is 13.5. The van der Waals surface area contributed by atoms with Gasteiger partial charge in [-0.15, -0.1) is 0 Å². The SMILES string of the molecule is COc1ccccc1COCCCOc1ccc(C2CCNCC2NC(=O)c2ccc3cccnc3c2)cc1. The highest BCUT2D eigenvalue weighted by Gasteiger charge is 2.28. The molecule has 4 aromatic rings. The molecule has 1 fully saturated rings. The molecule has 2 atom stereocenters. The van der Waals surface area contributed by atoms with Crippen LogP contribution >= 0.6 is 0 Å². The van der Waals surface area contributed by atoms with Crippen LogP contribution in [0, 0.1) is 0 Å². The number of para-hydroxylation sites is 1. The number of piperidine rings is 1. The molecule has 0 aliphatic carbocycles. The van der Waals surface area contributed by atoms with Gasteiger partial charge in [-0.2, -0.15) is 0 Å². The zero-order valence-corrected chi connectivity index (χ0v) is 22.3. The largest absolute Gasteiger partial charge is 0.496 e. The normalized spacial score (nSPS) is 17.1. The van der Waals surface area contributed by atoms with Crippen LogP contribution < -0.4 is 20.1 Å². The van der Waals surface area contributed by atoms with Crippen molar-refractivity contribution in [3.05, 3.63) is 102 Å². The van der Waals surface area contributed by atoms with Gasteiger partial charge in [0, 0.05) is 47.6 Å². The molecule has 0 spiro atoms. The lowest BCUT2D eigenvalue weighted by Gasteiger charge is -2.33. The minimum Gasteiger partial charge on any atom is -0.496 e. The van der Waals surface area contributed by atoms with Crippen LogP contribution in [-0.2, 0) is 11.3 Å². The summed E-state index contributed by atoms with van der Waals surface area (Å²) in [5, 5.41) is 7.70. The summed E-state index contributed by atoms with van der Waals surface area (Å²) in [6.45, 7) is 3.36. The van der Waals surface area contributed by atoms with Crippen LogP contribution in [0.5, 0.6) is 11.5 Å². The Morgan fingerprint density at radius 3 is 2.77 bits per heavy atom. The smallest absolute Gasteiger partial charge is 0.251 e. The number of methoxy groups -OCH3 is 1. The number of hydrogen-bond acceptors (Lipinski definition) is 6. The van der Waals surface area contributed by atoms with Crippen molar-refractivity contribution in [2.45, 2.75) is 31.4 Å². The maximum Gasteiger partial charge on any atom is 0.251 e. The number of nitrogens with one attached hydrogen (secondary N) is 2. The van der Waals surface area contributed by atoms with E-state index in [-0.39, 0.29) is 17.9 Å². The Labute approximate surface area is 229 Å². The molecular formula is C32H35N3O4. The quantitative estimate of drug-likeness (QED) is 0.265. The van der Waals surface area contributed by atoms with Gasteiger partial charge in [-0.25, -0.2) is 0 Å². The lowest BCUT2D eigenvalue weighted by atomic mass is 9.86. The van der Waals surface area contributed by atoms with Crippen LogP contribution in [0.4, 0.5) is 0 Å². The molecule has 0 bridgehead atoms. The molecule has 1 amide bonds. The third-order valence-corrected chi connectivity index (χ3v) is 7.13. The number of hydrogen-bond donors (Lipinski definition) is 2. The fourth-order valence-electron chi connectivity index (χ4n) is 5.04. The topological polar surface area (TPSA) is 81.7 Å². The minimum absolute atomic E-state index is 0.00200. The predicted molar refractivity (Wildman–Crippen MR) is 152 cm³/mol. The van der Waals surface area contributed by atoms with Gasteiger partial charge in [0.1, 0.15) is 11.5 Å². The number of benzene rings is 3. The first-order chi connectivity index (χ1) is 19.2. The van der Waals surface area contributed by atoms with E-state index in [1.807, 2.05) is 66.7 Å². The van der Waals surface area contributed by atoms with Crippen molar-refractivity contribution in [2.24, 2.45) is 0 Å². The van der Waals surface area contributed by atoms with E-state index in [0.717, 1.165) is 53.9 Å². The number of amides is 1. The Balaban J connectivity index is 1.11. The van der Waals surface area contributed by atoms with Gasteiger partial charge in [-0.05, 0) is 54.9 Å². The average molecular weight is 526 g/mol. The summed E-state index contributed by atoms with van der Waals surface area (Å²) in [5.41, 5.74) is 3.69. The molecule has 7 heteroatoms. The van der Waals surface area contributed by atoms with Crippen LogP contribution in [-0.4, -0.2) is 50.3 Å². The van der Waals surface area contributed by atoms with Crippen LogP contribution in [0.25, 0.3) is 10.9 Å². The van der Waals surface area contributed by atoms with E-state index in [4.69, 9.17) is 14.2 Å². The zero-order valence-electron chi connectivity index (χ0n) is 22.3. The predicted octanol–water partition coefficient (Wildman–Crippen LogP) is 5.10. The van der Waals surface area contributed by atoms with Gasteiger partial charge < -0.3 is 24.8 Å². The van der Waals surface area contributed by atoms with Gasteiger partial charge >= 0.3 is 0 Å². The monoisotopic (exact) mass is 525 g/mol. The third-order valence-electron chi connectivity index (χ3n) is 7.13. The number of aromatic nitrogens is 1. The maximum atomic E-state index is 13.1. The van der Waals surface area contributed by atoms with Crippen LogP contribution in [0.1, 0.15) is 40.2 Å². The molecule has 3 aromatic carbocycles. The van der Waals surface area contributed by atoms with Gasteiger partial charge in [0.2, 0.25) is 0 Å². The molecule has 2 unspecified atom stereocenters. The lowest BCUT2D eigenvalue weighted by molar-refractivity contribution is 0.0924. The maximum absolute atomic E-state index is 13.1. The fraction of sp³-hybridized carbons (Fsp3) is 0.312. The van der Waals surface area contributed by atoms with Crippen molar-refractivity contribution in [3.63, 3.8) is 0 Å². The van der Waals surface area contributed by atoms with Crippen LogP contribution in [0.15, 0.2) is 85.1 Å². The molecule has 7 nitrogen and oxygen atoms in total. The Morgan fingerprint density at radius 2 is 1.90 bits per heavy atom. The molecular weight excluding hydrogens is 490 g/mol. The van der Waals surface area contributed by atoms with E-state index in [2.05, 4.69) is 27.8 Å². The van der Waals surface area contributed by atoms with E-state index in [0.29, 0.717) is 25.4 Å². The Bertz CT molecular complexity index is 1380. The van der Waals surface area contributed by atoms with E-state index >= 15 is 0 Å². The minimum atomic E-state index is -0.0749. The van der Waals surface area contributed by atoms with E-state index in [1.54, 1.807) is 13.3 Å². The van der Waals surface area contributed by atoms with Gasteiger partial charge in [0.15, 0.2) is 0 Å². The molecule has 1 saturated heterocycles. The Kier molecular flexibility index (Phi) is 9.04. The van der Waals surface area contributed by atoms with Crippen LogP contribution in [0.3, 0.4) is 0 Å². The summed E-state index contributed by atoms with van der Waals surface area (Å²) < 4.78 is 17.1. The highest BCUT2D eigenvalue weighted by atomic mass is 16.5. The molecule has 1 aromatic heterocycles. The molecule has 0 saturated carbocycles. The average Bonchev–Trinajstić information content (AvgIpc) is 2.99. The number of carbonyl (C=O) groups excluding carboxylic acids is 1. The lowest BCUT2D eigenvalue weighted by Crippen LogP contribution is -2.50.